The lowest BCUT2D eigenvalue weighted by Gasteiger charge is -2.29. The van der Waals surface area contributed by atoms with Gasteiger partial charge in [-0.05, 0) is 12.1 Å². The highest BCUT2D eigenvalue weighted by atomic mass is 16.5. The highest BCUT2D eigenvalue weighted by Crippen LogP contribution is 2.04. The maximum absolute atomic E-state index is 5.33. The maximum Gasteiger partial charge on any atom is 0.0903 e. The molecule has 17 heavy (non-hydrogen) atoms. The Morgan fingerprint density at radius 3 is 2.59 bits per heavy atom. The van der Waals surface area contributed by atoms with Crippen molar-refractivity contribution in [1.29, 1.82) is 0 Å². The Labute approximate surface area is 103 Å². The van der Waals surface area contributed by atoms with Crippen molar-refractivity contribution >= 4 is 0 Å². The fourth-order valence-electron chi connectivity index (χ4n) is 1.83. The molecule has 0 amide bonds. The molecule has 0 aliphatic carbocycles. The maximum atomic E-state index is 5.33. The van der Waals surface area contributed by atoms with Gasteiger partial charge in [-0.15, -0.1) is 6.58 Å². The van der Waals surface area contributed by atoms with Crippen molar-refractivity contribution in [2.75, 3.05) is 26.3 Å². The first-order chi connectivity index (χ1) is 8.40. The van der Waals surface area contributed by atoms with Gasteiger partial charge in [-0.2, -0.15) is 0 Å². The third kappa shape index (κ3) is 3.45. The van der Waals surface area contributed by atoms with E-state index in [1.807, 2.05) is 36.4 Å². The second-order valence-corrected chi connectivity index (χ2v) is 3.96. The molecule has 2 heteroatoms. The molecular weight excluding hydrogens is 210 g/mol. The zero-order valence-electron chi connectivity index (χ0n) is 9.93. The topological polar surface area (TPSA) is 12.5 Å². The molecule has 1 saturated heterocycles. The van der Waals surface area contributed by atoms with Crippen LogP contribution in [-0.4, -0.2) is 37.2 Å². The molecule has 1 aromatic rings. The van der Waals surface area contributed by atoms with Crippen LogP contribution in [0, 0.1) is 11.8 Å². The van der Waals surface area contributed by atoms with E-state index < -0.39 is 0 Å². The first-order valence-electron chi connectivity index (χ1n) is 5.91. The lowest BCUT2D eigenvalue weighted by Crippen LogP contribution is -2.41. The molecule has 0 N–H and O–H groups in total. The molecule has 0 bridgehead atoms. The number of ether oxygens (including phenoxy) is 1. The predicted octanol–water partition coefficient (Wildman–Crippen LogP) is 1.92. The summed E-state index contributed by atoms with van der Waals surface area (Å²) in [5.41, 5.74) is 1.05. The smallest absolute Gasteiger partial charge is 0.0903 e. The van der Waals surface area contributed by atoms with Crippen molar-refractivity contribution in [2.24, 2.45) is 0 Å². The average Bonchev–Trinajstić information content (AvgIpc) is 2.42. The first kappa shape index (κ1) is 11.9. The van der Waals surface area contributed by atoms with Crippen LogP contribution in [0.1, 0.15) is 5.56 Å². The van der Waals surface area contributed by atoms with Gasteiger partial charge in [0.05, 0.1) is 19.3 Å². The van der Waals surface area contributed by atoms with E-state index >= 15 is 0 Å². The van der Waals surface area contributed by atoms with Crippen molar-refractivity contribution in [2.45, 2.75) is 6.04 Å². The monoisotopic (exact) mass is 227 g/mol. The number of nitrogens with zero attached hydrogens (tertiary/aromatic N) is 1. The molecule has 1 unspecified atom stereocenters. The lowest BCUT2D eigenvalue weighted by molar-refractivity contribution is 0.0344. The van der Waals surface area contributed by atoms with Gasteiger partial charge < -0.3 is 4.74 Å². The quantitative estimate of drug-likeness (QED) is 0.565. The Bertz CT molecular complexity index is 410. The number of hydrogen-bond donors (Lipinski definition) is 0. The molecule has 0 saturated carbocycles. The third-order valence-electron chi connectivity index (χ3n) is 2.80. The minimum atomic E-state index is 0.124. The van der Waals surface area contributed by atoms with Gasteiger partial charge in [0, 0.05) is 18.7 Å². The van der Waals surface area contributed by atoms with Gasteiger partial charge in [0.2, 0.25) is 0 Å². The van der Waals surface area contributed by atoms with Crippen molar-refractivity contribution in [1.82, 2.24) is 4.90 Å². The summed E-state index contributed by atoms with van der Waals surface area (Å²) in [6, 6.07) is 10.2. The van der Waals surface area contributed by atoms with Gasteiger partial charge in [0.1, 0.15) is 0 Å². The highest BCUT2D eigenvalue weighted by Gasteiger charge is 2.15. The van der Waals surface area contributed by atoms with E-state index in [0.717, 1.165) is 31.9 Å². The number of rotatable bonds is 2. The van der Waals surface area contributed by atoms with Crippen LogP contribution in [0.15, 0.2) is 43.0 Å². The molecule has 1 aromatic carbocycles. The van der Waals surface area contributed by atoms with E-state index in [2.05, 4.69) is 23.3 Å². The van der Waals surface area contributed by atoms with Crippen LogP contribution >= 0.6 is 0 Å². The van der Waals surface area contributed by atoms with Crippen LogP contribution in [0.4, 0.5) is 0 Å². The molecule has 2 nitrogen and oxygen atoms in total. The Morgan fingerprint density at radius 2 is 1.94 bits per heavy atom. The van der Waals surface area contributed by atoms with Gasteiger partial charge in [0.15, 0.2) is 0 Å². The van der Waals surface area contributed by atoms with Crippen molar-refractivity contribution in [3.8, 4) is 11.8 Å². The van der Waals surface area contributed by atoms with E-state index in [1.54, 1.807) is 0 Å². The molecule has 1 fully saturated rings. The lowest BCUT2D eigenvalue weighted by atomic mass is 10.2. The van der Waals surface area contributed by atoms with Crippen LogP contribution < -0.4 is 0 Å². The number of hydrogen-bond acceptors (Lipinski definition) is 2. The number of benzene rings is 1. The van der Waals surface area contributed by atoms with E-state index in [4.69, 9.17) is 4.74 Å². The largest absolute Gasteiger partial charge is 0.379 e. The minimum Gasteiger partial charge on any atom is -0.379 e. The van der Waals surface area contributed by atoms with Crippen LogP contribution in [-0.2, 0) is 4.74 Å². The van der Waals surface area contributed by atoms with Crippen LogP contribution in [0.3, 0.4) is 0 Å². The van der Waals surface area contributed by atoms with Gasteiger partial charge in [0.25, 0.3) is 0 Å². The first-order valence-corrected chi connectivity index (χ1v) is 5.91. The number of morpholine rings is 1. The molecule has 2 rings (SSSR count). The average molecular weight is 227 g/mol. The van der Waals surface area contributed by atoms with Crippen LogP contribution in [0.2, 0.25) is 0 Å². The van der Waals surface area contributed by atoms with Crippen LogP contribution in [0.5, 0.6) is 0 Å². The van der Waals surface area contributed by atoms with E-state index in [1.165, 1.54) is 0 Å². The summed E-state index contributed by atoms with van der Waals surface area (Å²) in [6.45, 7) is 7.30. The fourth-order valence-corrected chi connectivity index (χ4v) is 1.83. The van der Waals surface area contributed by atoms with Gasteiger partial charge >= 0.3 is 0 Å². The molecule has 1 aliphatic rings. The summed E-state index contributed by atoms with van der Waals surface area (Å²) in [5.74, 6) is 6.45. The highest BCUT2D eigenvalue weighted by molar-refractivity contribution is 5.35. The molecular formula is C15H17NO. The SMILES string of the molecule is C=CC(C#Cc1ccccc1)N1CCOCC1. The van der Waals surface area contributed by atoms with Gasteiger partial charge in [-0.3, -0.25) is 4.90 Å². The zero-order valence-corrected chi connectivity index (χ0v) is 9.93. The van der Waals surface area contributed by atoms with Gasteiger partial charge in [-0.25, -0.2) is 0 Å². The summed E-state index contributed by atoms with van der Waals surface area (Å²) in [5, 5.41) is 0. The summed E-state index contributed by atoms with van der Waals surface area (Å²) >= 11 is 0. The molecule has 0 aromatic heterocycles. The van der Waals surface area contributed by atoms with Gasteiger partial charge in [-0.1, -0.05) is 36.1 Å². The molecule has 1 heterocycles. The third-order valence-corrected chi connectivity index (χ3v) is 2.80. The van der Waals surface area contributed by atoms with Crippen LogP contribution in [0.25, 0.3) is 0 Å². The van der Waals surface area contributed by atoms with Crippen molar-refractivity contribution in [3.63, 3.8) is 0 Å². The zero-order chi connectivity index (χ0) is 11.9. The van der Waals surface area contributed by atoms with Crippen molar-refractivity contribution < 1.29 is 4.74 Å². The molecule has 0 spiro atoms. The van der Waals surface area contributed by atoms with E-state index in [0.29, 0.717) is 0 Å². The Hall–Kier alpha value is -1.56. The Kier molecular flexibility index (Phi) is 4.37. The van der Waals surface area contributed by atoms with E-state index in [9.17, 15) is 0 Å². The summed E-state index contributed by atoms with van der Waals surface area (Å²) < 4.78 is 5.33. The Morgan fingerprint density at radius 1 is 1.24 bits per heavy atom. The summed E-state index contributed by atoms with van der Waals surface area (Å²) in [6.07, 6.45) is 1.90. The predicted molar refractivity (Wildman–Crippen MR) is 69.7 cm³/mol. The Balaban J connectivity index is 2.04. The summed E-state index contributed by atoms with van der Waals surface area (Å²) in [4.78, 5) is 2.30. The fraction of sp³-hybridized carbons (Fsp3) is 0.333. The standard InChI is InChI=1S/C15H17NO/c1-2-15(16-10-12-17-13-11-16)9-8-14-6-4-3-5-7-14/h2-7,15H,1,10-13H2. The molecule has 0 radical (unpaired) electrons. The summed E-state index contributed by atoms with van der Waals surface area (Å²) in [7, 11) is 0. The molecule has 1 aliphatic heterocycles. The minimum absolute atomic E-state index is 0.124. The molecule has 88 valence electrons. The van der Waals surface area contributed by atoms with Crippen molar-refractivity contribution in [3.05, 3.63) is 48.6 Å². The van der Waals surface area contributed by atoms with E-state index in [-0.39, 0.29) is 6.04 Å². The second-order valence-electron chi connectivity index (χ2n) is 3.96. The normalized spacial score (nSPS) is 17.9. The second kappa shape index (κ2) is 6.24. The molecule has 1 atom stereocenters.